The van der Waals surface area contributed by atoms with E-state index in [9.17, 15) is 0 Å². The van der Waals surface area contributed by atoms with E-state index in [4.69, 9.17) is 0 Å². The van der Waals surface area contributed by atoms with E-state index in [1.165, 1.54) is 0 Å². The van der Waals surface area contributed by atoms with Gasteiger partial charge in [-0.3, -0.25) is 0 Å². The molecule has 0 bridgehead atoms. The molecule has 0 N–H and O–H groups in total. The SMILES string of the molecule is C=CC.C=CC.CN(C)C.Cl.Cl.Cl.[SiH4]. The summed E-state index contributed by atoms with van der Waals surface area (Å²) in [5.41, 5.74) is 0. The summed E-state index contributed by atoms with van der Waals surface area (Å²) in [6.07, 6.45) is 3.50. The normalized spacial score (nSPS) is 4.43. The number of hydrogen-bond donors (Lipinski definition) is 0. The van der Waals surface area contributed by atoms with E-state index in [0.29, 0.717) is 0 Å². The van der Waals surface area contributed by atoms with Gasteiger partial charge in [0.2, 0.25) is 0 Å². The van der Waals surface area contributed by atoms with Crippen molar-refractivity contribution in [2.75, 3.05) is 21.1 Å². The maximum Gasteiger partial charge on any atom is -0.0140 e. The summed E-state index contributed by atoms with van der Waals surface area (Å²) < 4.78 is 0. The van der Waals surface area contributed by atoms with Crippen LogP contribution in [-0.4, -0.2) is 37.0 Å². The summed E-state index contributed by atoms with van der Waals surface area (Å²) in [4.78, 5) is 2.00. The lowest BCUT2D eigenvalue weighted by Gasteiger charge is -1.90. The summed E-state index contributed by atoms with van der Waals surface area (Å²) in [6.45, 7) is 10.5. The number of allylic oxidation sites excluding steroid dienone is 2. The fourth-order valence-electron chi connectivity index (χ4n) is 0. The highest BCUT2D eigenvalue weighted by Gasteiger charge is 1.58. The quantitative estimate of drug-likeness (QED) is 0.488. The molecule has 0 atom stereocenters. The van der Waals surface area contributed by atoms with Crippen molar-refractivity contribution in [1.29, 1.82) is 0 Å². The molecule has 1 nitrogen and oxygen atoms in total. The highest BCUT2D eigenvalue weighted by molar-refractivity contribution is 5.86. The molecular weight excluding hydrogens is 257 g/mol. The maximum atomic E-state index is 3.36. The van der Waals surface area contributed by atoms with Crippen molar-refractivity contribution in [3.8, 4) is 0 Å². The van der Waals surface area contributed by atoms with Crippen molar-refractivity contribution in [2.45, 2.75) is 13.8 Å². The van der Waals surface area contributed by atoms with Crippen molar-refractivity contribution in [2.24, 2.45) is 0 Å². The average Bonchev–Trinajstić information content (AvgIpc) is 1.65. The Labute approximate surface area is 113 Å². The molecule has 0 fully saturated rings. The van der Waals surface area contributed by atoms with Crippen LogP contribution < -0.4 is 0 Å². The first kappa shape index (κ1) is 46.9. The second kappa shape index (κ2) is 69.5. The van der Waals surface area contributed by atoms with Gasteiger partial charge in [0.15, 0.2) is 0 Å². The van der Waals surface area contributed by atoms with E-state index in [1.807, 2.05) is 39.9 Å². The lowest BCUT2D eigenvalue weighted by Crippen LogP contribution is -1.99. The van der Waals surface area contributed by atoms with Gasteiger partial charge in [-0.05, 0) is 46.0 Å². The second-order valence-corrected chi connectivity index (χ2v) is 2.16. The zero-order valence-electron chi connectivity index (χ0n) is 9.24. The number of rotatable bonds is 0. The van der Waals surface area contributed by atoms with Gasteiger partial charge in [0.1, 0.15) is 0 Å². The Bertz CT molecular complexity index is 62.3. The molecule has 0 amide bonds. The van der Waals surface area contributed by atoms with E-state index in [0.717, 1.165) is 0 Å². The van der Waals surface area contributed by atoms with Gasteiger partial charge in [-0.2, -0.15) is 0 Å². The molecule has 0 aliphatic carbocycles. The van der Waals surface area contributed by atoms with Crippen LogP contribution in [0.25, 0.3) is 0 Å². The molecule has 0 aromatic heterocycles. The molecular formula is C9H28Cl3NSi. The minimum atomic E-state index is 0. The van der Waals surface area contributed by atoms with Crippen LogP contribution in [0, 0.1) is 0 Å². The van der Waals surface area contributed by atoms with Gasteiger partial charge in [-0.1, -0.05) is 12.2 Å². The van der Waals surface area contributed by atoms with E-state index >= 15 is 0 Å². The molecule has 0 aliphatic heterocycles. The highest BCUT2D eigenvalue weighted by atomic mass is 35.5. The van der Waals surface area contributed by atoms with Crippen LogP contribution in [0.15, 0.2) is 25.3 Å². The first-order chi connectivity index (χ1) is 4.56. The summed E-state index contributed by atoms with van der Waals surface area (Å²) >= 11 is 0. The predicted octanol–water partition coefficient (Wildman–Crippen LogP) is 2.38. The monoisotopic (exact) mass is 283 g/mol. The Morgan fingerprint density at radius 3 is 0.786 bits per heavy atom. The molecule has 94 valence electrons. The zero-order chi connectivity index (χ0) is 8.99. The third-order valence-electron chi connectivity index (χ3n) is 0. The van der Waals surface area contributed by atoms with Crippen LogP contribution in [0.1, 0.15) is 13.8 Å². The van der Waals surface area contributed by atoms with Gasteiger partial charge in [0, 0.05) is 0 Å². The summed E-state index contributed by atoms with van der Waals surface area (Å²) in [6, 6.07) is 0. The van der Waals surface area contributed by atoms with E-state index in [2.05, 4.69) is 13.2 Å². The summed E-state index contributed by atoms with van der Waals surface area (Å²) in [5.74, 6) is 0. The van der Waals surface area contributed by atoms with Crippen molar-refractivity contribution in [3.63, 3.8) is 0 Å². The predicted molar refractivity (Wildman–Crippen MR) is 84.4 cm³/mol. The average molecular weight is 285 g/mol. The van der Waals surface area contributed by atoms with Crippen LogP contribution in [0.5, 0.6) is 0 Å². The molecule has 14 heavy (non-hydrogen) atoms. The molecule has 0 saturated heterocycles. The molecule has 0 heterocycles. The molecule has 5 heteroatoms. The zero-order valence-corrected chi connectivity index (χ0v) is 11.7. The Morgan fingerprint density at radius 1 is 0.786 bits per heavy atom. The fourth-order valence-corrected chi connectivity index (χ4v) is 0. The Kier molecular flexibility index (Phi) is 233. The Morgan fingerprint density at radius 2 is 0.786 bits per heavy atom. The molecule has 0 spiro atoms. The van der Waals surface area contributed by atoms with Crippen LogP contribution in [0.2, 0.25) is 0 Å². The van der Waals surface area contributed by atoms with Crippen molar-refractivity contribution < 1.29 is 0 Å². The Balaban J connectivity index is -0.00000000929. The molecule has 0 saturated carbocycles. The van der Waals surface area contributed by atoms with Gasteiger partial charge < -0.3 is 4.90 Å². The van der Waals surface area contributed by atoms with Crippen LogP contribution >= 0.6 is 37.2 Å². The maximum absolute atomic E-state index is 3.36. The van der Waals surface area contributed by atoms with Gasteiger partial charge in [-0.25, -0.2) is 0 Å². The standard InChI is InChI=1S/C3H9N.2C3H6.3ClH.H4Si/c1-4(2)3;2*1-3-2;;;;/h1-3H3;2*3H,1H2,2H3;3*1H;1H4. The third-order valence-corrected chi connectivity index (χ3v) is 0. The minimum Gasteiger partial charge on any atom is -0.312 e. The first-order valence-electron chi connectivity index (χ1n) is 3.31. The van der Waals surface area contributed by atoms with Gasteiger partial charge in [0.05, 0.1) is 0 Å². The van der Waals surface area contributed by atoms with E-state index in [-0.39, 0.29) is 48.2 Å². The molecule has 0 aromatic rings. The third kappa shape index (κ3) is 6000. The van der Waals surface area contributed by atoms with Crippen LogP contribution in [0.3, 0.4) is 0 Å². The summed E-state index contributed by atoms with van der Waals surface area (Å²) in [7, 11) is 6.00. The van der Waals surface area contributed by atoms with E-state index in [1.54, 1.807) is 12.2 Å². The summed E-state index contributed by atoms with van der Waals surface area (Å²) in [5, 5.41) is 0. The van der Waals surface area contributed by atoms with Gasteiger partial charge in [0.25, 0.3) is 0 Å². The highest BCUT2D eigenvalue weighted by Crippen LogP contribution is 1.47. The first-order valence-corrected chi connectivity index (χ1v) is 3.31. The van der Waals surface area contributed by atoms with Crippen LogP contribution in [-0.2, 0) is 0 Å². The van der Waals surface area contributed by atoms with Gasteiger partial charge >= 0.3 is 0 Å². The molecule has 0 aromatic carbocycles. The van der Waals surface area contributed by atoms with Crippen LogP contribution in [0.4, 0.5) is 0 Å². The topological polar surface area (TPSA) is 3.24 Å². The largest absolute Gasteiger partial charge is 0.312 e. The minimum absolute atomic E-state index is 0. The molecule has 0 aliphatic rings. The fraction of sp³-hybridized carbons (Fsp3) is 0.556. The second-order valence-electron chi connectivity index (χ2n) is 2.16. The lowest BCUT2D eigenvalue weighted by atomic mass is 10.8. The molecule has 0 rings (SSSR count). The number of hydrogen-bond acceptors (Lipinski definition) is 1. The number of nitrogens with zero attached hydrogens (tertiary/aromatic N) is 1. The molecule has 0 radical (unpaired) electrons. The lowest BCUT2D eigenvalue weighted by molar-refractivity contribution is 0.505. The van der Waals surface area contributed by atoms with Crippen molar-refractivity contribution in [1.82, 2.24) is 4.90 Å². The molecule has 0 unspecified atom stereocenters. The number of halogens is 3. The van der Waals surface area contributed by atoms with Gasteiger partial charge in [-0.15, -0.1) is 50.4 Å². The Hall–Kier alpha value is 0.527. The smallest absolute Gasteiger partial charge is 0.0140 e. The van der Waals surface area contributed by atoms with Crippen molar-refractivity contribution in [3.05, 3.63) is 25.3 Å². The van der Waals surface area contributed by atoms with Crippen molar-refractivity contribution >= 4 is 48.2 Å². The van der Waals surface area contributed by atoms with E-state index < -0.39 is 0 Å².